The number of hydrogen-bond donors (Lipinski definition) is 1. The third-order valence-corrected chi connectivity index (χ3v) is 5.54. The molecule has 1 aliphatic heterocycles. The molecule has 166 valence electrons. The molecule has 0 spiro atoms. The minimum Gasteiger partial charge on any atom is -0.459 e. The Labute approximate surface area is 182 Å². The number of halogens is 3. The number of furan rings is 1. The summed E-state index contributed by atoms with van der Waals surface area (Å²) in [5.41, 5.74) is 1.94. The molecule has 0 saturated carbocycles. The first kappa shape index (κ1) is 21.7. The van der Waals surface area contributed by atoms with Gasteiger partial charge in [-0.1, -0.05) is 36.4 Å². The molecule has 0 radical (unpaired) electrons. The molecule has 0 fully saturated rings. The van der Waals surface area contributed by atoms with Gasteiger partial charge in [0.15, 0.2) is 5.76 Å². The Bertz CT molecular complexity index is 1090. The predicted octanol–water partition coefficient (Wildman–Crippen LogP) is 4.22. The minimum atomic E-state index is -4.38. The van der Waals surface area contributed by atoms with Crippen LogP contribution in [0.25, 0.3) is 0 Å². The SMILES string of the molecule is O=C(NCCc1ccc(C(F)(F)F)cc1)C1Cc2ccccc2CN1C(=O)c1ccco1. The van der Waals surface area contributed by atoms with E-state index in [1.807, 2.05) is 24.3 Å². The Balaban J connectivity index is 1.44. The van der Waals surface area contributed by atoms with Crippen LogP contribution in [0.5, 0.6) is 0 Å². The van der Waals surface area contributed by atoms with Crippen molar-refractivity contribution in [3.8, 4) is 0 Å². The van der Waals surface area contributed by atoms with Gasteiger partial charge in [-0.25, -0.2) is 0 Å². The van der Waals surface area contributed by atoms with Crippen LogP contribution in [0.2, 0.25) is 0 Å². The molecule has 0 bridgehead atoms. The maximum Gasteiger partial charge on any atom is 0.416 e. The van der Waals surface area contributed by atoms with Crippen molar-refractivity contribution in [2.45, 2.75) is 31.6 Å². The summed E-state index contributed by atoms with van der Waals surface area (Å²) in [4.78, 5) is 27.4. The molecule has 0 saturated heterocycles. The fourth-order valence-electron chi connectivity index (χ4n) is 3.82. The van der Waals surface area contributed by atoms with Crippen LogP contribution in [-0.2, 0) is 30.4 Å². The van der Waals surface area contributed by atoms with E-state index >= 15 is 0 Å². The first-order valence-corrected chi connectivity index (χ1v) is 10.2. The Morgan fingerprint density at radius 2 is 1.72 bits per heavy atom. The maximum atomic E-state index is 13.0. The zero-order valence-corrected chi connectivity index (χ0v) is 17.1. The van der Waals surface area contributed by atoms with Crippen LogP contribution in [0, 0.1) is 0 Å². The van der Waals surface area contributed by atoms with E-state index in [2.05, 4.69) is 5.32 Å². The molecule has 1 unspecified atom stereocenters. The number of nitrogens with zero attached hydrogens (tertiary/aromatic N) is 1. The number of carbonyl (C=O) groups is 2. The summed E-state index contributed by atoms with van der Waals surface area (Å²) in [6.45, 7) is 0.526. The molecule has 4 rings (SSSR count). The number of alkyl halides is 3. The summed E-state index contributed by atoms with van der Waals surface area (Å²) < 4.78 is 43.3. The molecular formula is C24H21F3N2O3. The highest BCUT2D eigenvalue weighted by Gasteiger charge is 2.35. The number of amides is 2. The second-order valence-electron chi connectivity index (χ2n) is 7.63. The van der Waals surface area contributed by atoms with Gasteiger partial charge in [0.1, 0.15) is 6.04 Å². The number of hydrogen-bond acceptors (Lipinski definition) is 3. The summed E-state index contributed by atoms with van der Waals surface area (Å²) in [6, 6.07) is 15.0. The number of benzene rings is 2. The fraction of sp³-hybridized carbons (Fsp3) is 0.250. The van der Waals surface area contributed by atoms with Crippen LogP contribution in [0.1, 0.15) is 32.8 Å². The van der Waals surface area contributed by atoms with Crippen molar-refractivity contribution in [3.63, 3.8) is 0 Å². The second kappa shape index (κ2) is 8.90. The van der Waals surface area contributed by atoms with Crippen molar-refractivity contribution >= 4 is 11.8 Å². The molecule has 1 aromatic heterocycles. The second-order valence-corrected chi connectivity index (χ2v) is 7.63. The van der Waals surface area contributed by atoms with Gasteiger partial charge in [0.05, 0.1) is 11.8 Å². The number of fused-ring (bicyclic) bond motifs is 1. The molecule has 8 heteroatoms. The third kappa shape index (κ3) is 4.69. The maximum absolute atomic E-state index is 13.0. The highest BCUT2D eigenvalue weighted by Crippen LogP contribution is 2.29. The molecule has 2 heterocycles. The summed E-state index contributed by atoms with van der Waals surface area (Å²) in [5.74, 6) is -0.523. The van der Waals surface area contributed by atoms with Crippen molar-refractivity contribution in [1.82, 2.24) is 10.2 Å². The highest BCUT2D eigenvalue weighted by molar-refractivity contribution is 5.96. The van der Waals surface area contributed by atoms with Crippen LogP contribution in [0.15, 0.2) is 71.3 Å². The van der Waals surface area contributed by atoms with E-state index in [-0.39, 0.29) is 30.7 Å². The van der Waals surface area contributed by atoms with Gasteiger partial charge in [-0.2, -0.15) is 13.2 Å². The fourth-order valence-corrected chi connectivity index (χ4v) is 3.82. The lowest BCUT2D eigenvalue weighted by Crippen LogP contribution is -2.52. The van der Waals surface area contributed by atoms with Gasteiger partial charge >= 0.3 is 6.18 Å². The Morgan fingerprint density at radius 3 is 2.38 bits per heavy atom. The van der Waals surface area contributed by atoms with E-state index in [1.165, 1.54) is 23.3 Å². The average molecular weight is 442 g/mol. The average Bonchev–Trinajstić information content (AvgIpc) is 3.32. The molecule has 5 nitrogen and oxygen atoms in total. The van der Waals surface area contributed by atoms with Crippen molar-refractivity contribution in [1.29, 1.82) is 0 Å². The minimum absolute atomic E-state index is 0.159. The van der Waals surface area contributed by atoms with Gasteiger partial charge < -0.3 is 14.6 Å². The van der Waals surface area contributed by atoms with Gasteiger partial charge in [0.25, 0.3) is 5.91 Å². The lowest BCUT2D eigenvalue weighted by Gasteiger charge is -2.35. The molecule has 2 amide bonds. The van der Waals surface area contributed by atoms with Gasteiger partial charge in [-0.15, -0.1) is 0 Å². The van der Waals surface area contributed by atoms with Crippen LogP contribution in [-0.4, -0.2) is 29.3 Å². The molecule has 1 aliphatic rings. The van der Waals surface area contributed by atoms with E-state index in [1.54, 1.807) is 12.1 Å². The lowest BCUT2D eigenvalue weighted by molar-refractivity contribution is -0.137. The molecule has 32 heavy (non-hydrogen) atoms. The summed E-state index contributed by atoms with van der Waals surface area (Å²) in [5, 5.41) is 2.82. The highest BCUT2D eigenvalue weighted by atomic mass is 19.4. The van der Waals surface area contributed by atoms with Crippen molar-refractivity contribution in [3.05, 3.63) is 94.9 Å². The van der Waals surface area contributed by atoms with Gasteiger partial charge in [-0.3, -0.25) is 9.59 Å². The van der Waals surface area contributed by atoms with Gasteiger partial charge in [0, 0.05) is 19.5 Å². The Kier molecular flexibility index (Phi) is 6.03. The molecule has 0 aliphatic carbocycles. The van der Waals surface area contributed by atoms with Gasteiger partial charge in [-0.05, 0) is 47.4 Å². The third-order valence-electron chi connectivity index (χ3n) is 5.54. The Morgan fingerprint density at radius 1 is 1.00 bits per heavy atom. The number of carbonyl (C=O) groups excluding carboxylic acids is 2. The zero-order chi connectivity index (χ0) is 22.7. The summed E-state index contributed by atoms with van der Waals surface area (Å²) in [7, 11) is 0. The van der Waals surface area contributed by atoms with Crippen molar-refractivity contribution in [2.75, 3.05) is 6.54 Å². The quantitative estimate of drug-likeness (QED) is 0.644. The van der Waals surface area contributed by atoms with Crippen LogP contribution in [0.3, 0.4) is 0 Å². The van der Waals surface area contributed by atoms with Crippen molar-refractivity contribution < 1.29 is 27.2 Å². The smallest absolute Gasteiger partial charge is 0.416 e. The largest absolute Gasteiger partial charge is 0.459 e. The first-order chi connectivity index (χ1) is 15.3. The van der Waals surface area contributed by atoms with Gasteiger partial charge in [0.2, 0.25) is 5.91 Å². The predicted molar refractivity (Wildman–Crippen MR) is 111 cm³/mol. The number of nitrogens with one attached hydrogen (secondary N) is 1. The zero-order valence-electron chi connectivity index (χ0n) is 17.1. The van der Waals surface area contributed by atoms with Crippen molar-refractivity contribution in [2.24, 2.45) is 0 Å². The monoisotopic (exact) mass is 442 g/mol. The molecule has 2 aromatic carbocycles. The molecule has 1 atom stereocenters. The summed E-state index contributed by atoms with van der Waals surface area (Å²) >= 11 is 0. The van der Waals surface area contributed by atoms with Crippen LogP contribution in [0.4, 0.5) is 13.2 Å². The normalized spacial score (nSPS) is 15.8. The van der Waals surface area contributed by atoms with Crippen LogP contribution < -0.4 is 5.32 Å². The van der Waals surface area contributed by atoms with E-state index in [0.29, 0.717) is 18.4 Å². The molecule has 1 N–H and O–H groups in total. The first-order valence-electron chi connectivity index (χ1n) is 10.2. The van der Waals surface area contributed by atoms with E-state index in [0.717, 1.165) is 23.3 Å². The van der Waals surface area contributed by atoms with Crippen LogP contribution >= 0.6 is 0 Å². The molecule has 3 aromatic rings. The standard InChI is InChI=1S/C24H21F3N2O3/c25-24(26,27)19-9-7-16(8-10-19)11-12-28-22(30)20-14-17-4-1-2-5-18(17)15-29(20)23(31)21-6-3-13-32-21/h1-10,13,20H,11-12,14-15H2,(H,28,30). The summed E-state index contributed by atoms with van der Waals surface area (Å²) in [6.07, 6.45) is -2.23. The lowest BCUT2D eigenvalue weighted by atomic mass is 9.93. The van der Waals surface area contributed by atoms with E-state index < -0.39 is 17.8 Å². The Hall–Kier alpha value is -3.55. The number of rotatable bonds is 5. The topological polar surface area (TPSA) is 62.6 Å². The van der Waals surface area contributed by atoms with E-state index in [9.17, 15) is 22.8 Å². The molecular weight excluding hydrogens is 421 g/mol. The van der Waals surface area contributed by atoms with E-state index in [4.69, 9.17) is 4.42 Å².